The van der Waals surface area contributed by atoms with Crippen LogP contribution >= 0.6 is 11.6 Å². The first kappa shape index (κ1) is 25.2. The standard InChI is InChI=1S/C26H26ClFN2O4/c1-5-34-26(33)23-15(2)22(16(3)29-23)24(31)17(4)30(14-18-6-12-21(28)13-7-18)25(32)19-8-10-20(27)11-9-19/h6-13,17,29H,5,14H2,1-4H3/t17-/m0/s1. The van der Waals surface area contributed by atoms with Gasteiger partial charge in [0.15, 0.2) is 5.78 Å². The van der Waals surface area contributed by atoms with Crippen molar-refractivity contribution in [3.8, 4) is 0 Å². The Morgan fingerprint density at radius 2 is 1.68 bits per heavy atom. The molecule has 2 aromatic carbocycles. The van der Waals surface area contributed by atoms with Crippen LogP contribution in [0.5, 0.6) is 0 Å². The van der Waals surface area contributed by atoms with Crippen LogP contribution in [0, 0.1) is 19.7 Å². The molecule has 0 aliphatic heterocycles. The number of ketones is 1. The topological polar surface area (TPSA) is 79.5 Å². The summed E-state index contributed by atoms with van der Waals surface area (Å²) < 4.78 is 18.5. The molecule has 178 valence electrons. The number of benzene rings is 2. The summed E-state index contributed by atoms with van der Waals surface area (Å²) in [5, 5.41) is 0.482. The van der Waals surface area contributed by atoms with E-state index in [4.69, 9.17) is 16.3 Å². The number of hydrogen-bond donors (Lipinski definition) is 1. The third-order valence-electron chi connectivity index (χ3n) is 5.63. The van der Waals surface area contributed by atoms with Crippen molar-refractivity contribution in [3.05, 3.63) is 93.0 Å². The van der Waals surface area contributed by atoms with E-state index in [0.29, 0.717) is 33.0 Å². The van der Waals surface area contributed by atoms with Crippen molar-refractivity contribution >= 4 is 29.3 Å². The Bertz CT molecular complexity index is 1200. The van der Waals surface area contributed by atoms with Crippen molar-refractivity contribution in [1.29, 1.82) is 0 Å². The van der Waals surface area contributed by atoms with Crippen molar-refractivity contribution < 1.29 is 23.5 Å². The van der Waals surface area contributed by atoms with Crippen molar-refractivity contribution in [2.24, 2.45) is 0 Å². The molecule has 0 saturated heterocycles. The van der Waals surface area contributed by atoms with Crippen molar-refractivity contribution in [1.82, 2.24) is 9.88 Å². The first-order valence-electron chi connectivity index (χ1n) is 10.9. The number of carbonyl (C=O) groups excluding carboxylic acids is 3. The second-order valence-electron chi connectivity index (χ2n) is 7.95. The maximum absolute atomic E-state index is 13.6. The number of H-pyrrole nitrogens is 1. The Balaban J connectivity index is 1.99. The van der Waals surface area contributed by atoms with E-state index in [1.54, 1.807) is 64.1 Å². The third kappa shape index (κ3) is 5.37. The van der Waals surface area contributed by atoms with Crippen LogP contribution in [0.4, 0.5) is 4.39 Å². The van der Waals surface area contributed by atoms with Gasteiger partial charge >= 0.3 is 5.97 Å². The number of hydrogen-bond acceptors (Lipinski definition) is 4. The molecular weight excluding hydrogens is 459 g/mol. The zero-order valence-corrected chi connectivity index (χ0v) is 20.2. The zero-order chi connectivity index (χ0) is 25.0. The Morgan fingerprint density at radius 1 is 1.06 bits per heavy atom. The smallest absolute Gasteiger partial charge is 0.355 e. The van der Waals surface area contributed by atoms with E-state index in [1.807, 2.05) is 0 Å². The van der Waals surface area contributed by atoms with Crippen LogP contribution in [0.15, 0.2) is 48.5 Å². The SMILES string of the molecule is CCOC(=O)c1[nH]c(C)c(C(=O)[C@H](C)N(Cc2ccc(F)cc2)C(=O)c2ccc(Cl)cc2)c1C. The minimum absolute atomic E-state index is 0.0852. The van der Waals surface area contributed by atoms with E-state index < -0.39 is 17.8 Å². The van der Waals surface area contributed by atoms with Crippen LogP contribution in [0.25, 0.3) is 0 Å². The summed E-state index contributed by atoms with van der Waals surface area (Å²) >= 11 is 5.96. The lowest BCUT2D eigenvalue weighted by Crippen LogP contribution is -2.43. The van der Waals surface area contributed by atoms with Gasteiger partial charge in [-0.3, -0.25) is 9.59 Å². The average molecular weight is 485 g/mol. The molecule has 1 atom stereocenters. The number of Topliss-reactive ketones (excluding diaryl/α,β-unsaturated/α-hetero) is 1. The normalized spacial score (nSPS) is 11.7. The monoisotopic (exact) mass is 484 g/mol. The molecule has 3 aromatic rings. The molecule has 8 heteroatoms. The largest absolute Gasteiger partial charge is 0.461 e. The maximum atomic E-state index is 13.6. The zero-order valence-electron chi connectivity index (χ0n) is 19.4. The van der Waals surface area contributed by atoms with Crippen LogP contribution in [0.2, 0.25) is 5.02 Å². The Kier molecular flexibility index (Phi) is 7.89. The van der Waals surface area contributed by atoms with Crippen LogP contribution in [-0.2, 0) is 11.3 Å². The first-order valence-corrected chi connectivity index (χ1v) is 11.2. The van der Waals surface area contributed by atoms with Crippen molar-refractivity contribution in [2.75, 3.05) is 6.61 Å². The number of amides is 1. The molecule has 0 aliphatic rings. The maximum Gasteiger partial charge on any atom is 0.355 e. The summed E-state index contributed by atoms with van der Waals surface area (Å²) in [5.41, 5.74) is 2.55. The number of aromatic amines is 1. The van der Waals surface area contributed by atoms with Gasteiger partial charge in [0.1, 0.15) is 11.5 Å². The third-order valence-corrected chi connectivity index (χ3v) is 5.88. The van der Waals surface area contributed by atoms with Gasteiger partial charge in [-0.2, -0.15) is 0 Å². The van der Waals surface area contributed by atoms with Gasteiger partial charge in [0.25, 0.3) is 5.91 Å². The summed E-state index contributed by atoms with van der Waals surface area (Å²) in [7, 11) is 0. The van der Waals surface area contributed by atoms with Crippen molar-refractivity contribution in [2.45, 2.75) is 40.3 Å². The summed E-state index contributed by atoms with van der Waals surface area (Å²) in [4.78, 5) is 43.7. The lowest BCUT2D eigenvalue weighted by Gasteiger charge is -2.29. The fourth-order valence-corrected chi connectivity index (χ4v) is 3.93. The molecule has 0 saturated carbocycles. The Labute approximate surface area is 202 Å². The van der Waals surface area contributed by atoms with Gasteiger partial charge in [0.2, 0.25) is 0 Å². The molecule has 3 rings (SSSR count). The van der Waals surface area contributed by atoms with Gasteiger partial charge in [-0.1, -0.05) is 23.7 Å². The first-order chi connectivity index (χ1) is 16.1. The van der Waals surface area contributed by atoms with E-state index >= 15 is 0 Å². The molecule has 1 amide bonds. The van der Waals surface area contributed by atoms with Gasteiger partial charge < -0.3 is 14.6 Å². The van der Waals surface area contributed by atoms with Gasteiger partial charge in [-0.15, -0.1) is 0 Å². The molecule has 0 fully saturated rings. The van der Waals surface area contributed by atoms with Gasteiger partial charge in [0.05, 0.1) is 12.6 Å². The highest BCUT2D eigenvalue weighted by Crippen LogP contribution is 2.24. The number of esters is 1. The highest BCUT2D eigenvalue weighted by atomic mass is 35.5. The second kappa shape index (κ2) is 10.7. The summed E-state index contributed by atoms with van der Waals surface area (Å²) in [6.07, 6.45) is 0. The number of ether oxygens (including phenoxy) is 1. The minimum atomic E-state index is -0.878. The number of rotatable bonds is 8. The number of aryl methyl sites for hydroxylation is 1. The number of nitrogens with zero attached hydrogens (tertiary/aromatic N) is 1. The van der Waals surface area contributed by atoms with Crippen LogP contribution in [0.3, 0.4) is 0 Å². The summed E-state index contributed by atoms with van der Waals surface area (Å²) in [5.74, 6) is -1.65. The molecule has 0 aliphatic carbocycles. The highest BCUT2D eigenvalue weighted by Gasteiger charge is 2.32. The highest BCUT2D eigenvalue weighted by molar-refractivity contribution is 6.30. The van der Waals surface area contributed by atoms with Crippen LogP contribution in [-0.4, -0.2) is 40.2 Å². The van der Waals surface area contributed by atoms with Gasteiger partial charge in [0, 0.05) is 28.4 Å². The minimum Gasteiger partial charge on any atom is -0.461 e. The molecule has 0 unspecified atom stereocenters. The summed E-state index contributed by atoms with van der Waals surface area (Å²) in [6, 6.07) is 11.2. The van der Waals surface area contributed by atoms with E-state index in [-0.39, 0.29) is 30.5 Å². The molecule has 1 heterocycles. The van der Waals surface area contributed by atoms with Crippen LogP contribution < -0.4 is 0 Å². The number of nitrogens with one attached hydrogen (secondary N) is 1. The number of carbonyl (C=O) groups is 3. The summed E-state index contributed by atoms with van der Waals surface area (Å²) in [6.45, 7) is 6.99. The fourth-order valence-electron chi connectivity index (χ4n) is 3.81. The van der Waals surface area contributed by atoms with E-state index in [9.17, 15) is 18.8 Å². The second-order valence-corrected chi connectivity index (χ2v) is 8.39. The van der Waals surface area contributed by atoms with Crippen molar-refractivity contribution in [3.63, 3.8) is 0 Å². The van der Waals surface area contributed by atoms with E-state index in [2.05, 4.69) is 4.98 Å². The predicted octanol–water partition coefficient (Wildman–Crippen LogP) is 5.51. The van der Waals surface area contributed by atoms with Crippen LogP contribution in [0.1, 0.15) is 61.9 Å². The van der Waals surface area contributed by atoms with Gasteiger partial charge in [-0.25, -0.2) is 9.18 Å². The molecule has 0 radical (unpaired) electrons. The number of aromatic nitrogens is 1. The van der Waals surface area contributed by atoms with Gasteiger partial charge in [-0.05, 0) is 75.2 Å². The Morgan fingerprint density at radius 3 is 2.26 bits per heavy atom. The lowest BCUT2D eigenvalue weighted by molar-refractivity contribution is 0.0518. The average Bonchev–Trinajstić information content (AvgIpc) is 3.11. The predicted molar refractivity (Wildman–Crippen MR) is 128 cm³/mol. The lowest BCUT2D eigenvalue weighted by atomic mass is 9.98. The molecular formula is C26H26ClFN2O4. The molecule has 0 bridgehead atoms. The molecule has 1 aromatic heterocycles. The molecule has 0 spiro atoms. The fraction of sp³-hybridized carbons (Fsp3) is 0.269. The Hall–Kier alpha value is -3.45. The van der Waals surface area contributed by atoms with E-state index in [0.717, 1.165) is 0 Å². The van der Waals surface area contributed by atoms with E-state index in [1.165, 1.54) is 17.0 Å². The molecule has 34 heavy (non-hydrogen) atoms. The number of halogens is 2. The molecule has 1 N–H and O–H groups in total. The molecule has 6 nitrogen and oxygen atoms in total. The quantitative estimate of drug-likeness (QED) is 0.337.